The van der Waals surface area contributed by atoms with Crippen molar-refractivity contribution in [3.05, 3.63) is 95.1 Å². The topological polar surface area (TPSA) is 102 Å². The summed E-state index contributed by atoms with van der Waals surface area (Å²) in [7, 11) is -3.72. The zero-order valence-corrected chi connectivity index (χ0v) is 19.3. The highest BCUT2D eigenvalue weighted by molar-refractivity contribution is 7.89. The largest absolute Gasteiger partial charge is 0.492 e. The number of ketones is 1. The summed E-state index contributed by atoms with van der Waals surface area (Å²) < 4.78 is 33.0. The fraction of sp³-hybridized carbons (Fsp3) is 0.200. The summed E-state index contributed by atoms with van der Waals surface area (Å²) in [6.07, 6.45) is 0. The summed E-state index contributed by atoms with van der Waals surface area (Å²) in [4.78, 5) is 23.7. The van der Waals surface area contributed by atoms with Gasteiger partial charge in [0.1, 0.15) is 12.4 Å². The summed E-state index contributed by atoms with van der Waals surface area (Å²) in [5.41, 5.74) is 2.73. The van der Waals surface area contributed by atoms with Crippen LogP contribution >= 0.6 is 0 Å². The summed E-state index contributed by atoms with van der Waals surface area (Å²) in [6.45, 7) is 4.18. The monoisotopic (exact) mass is 466 g/mol. The lowest BCUT2D eigenvalue weighted by Crippen LogP contribution is -2.28. The Kier molecular flexibility index (Phi) is 7.97. The van der Waals surface area contributed by atoms with Gasteiger partial charge in [-0.1, -0.05) is 36.4 Å². The van der Waals surface area contributed by atoms with Crippen molar-refractivity contribution in [3.63, 3.8) is 0 Å². The van der Waals surface area contributed by atoms with Crippen molar-refractivity contribution >= 4 is 21.7 Å². The molecule has 0 saturated heterocycles. The fourth-order valence-corrected chi connectivity index (χ4v) is 4.06. The van der Waals surface area contributed by atoms with Gasteiger partial charge in [0.15, 0.2) is 5.78 Å². The van der Waals surface area contributed by atoms with Crippen LogP contribution in [0.1, 0.15) is 38.8 Å². The Labute approximate surface area is 193 Å². The molecule has 0 heterocycles. The number of benzene rings is 3. The Morgan fingerprint density at radius 1 is 0.909 bits per heavy atom. The van der Waals surface area contributed by atoms with Crippen LogP contribution in [0.3, 0.4) is 0 Å². The zero-order valence-electron chi connectivity index (χ0n) is 18.5. The summed E-state index contributed by atoms with van der Waals surface area (Å²) >= 11 is 0. The Morgan fingerprint density at radius 2 is 1.58 bits per heavy atom. The van der Waals surface area contributed by atoms with Gasteiger partial charge in [-0.05, 0) is 61.4 Å². The number of aryl methyl sites for hydroxylation is 1. The van der Waals surface area contributed by atoms with E-state index in [1.54, 1.807) is 24.3 Å². The second-order valence-corrected chi connectivity index (χ2v) is 9.29. The molecule has 0 radical (unpaired) electrons. The maximum Gasteiger partial charge on any atom is 0.251 e. The number of Topliss-reactive ketones (excluding diaryl/α,β-unsaturated/α-hetero) is 1. The minimum atomic E-state index is -3.72. The lowest BCUT2D eigenvalue weighted by Gasteiger charge is -2.10. The molecule has 7 nitrogen and oxygen atoms in total. The first-order valence-corrected chi connectivity index (χ1v) is 11.9. The van der Waals surface area contributed by atoms with Crippen molar-refractivity contribution in [2.45, 2.75) is 25.3 Å². The predicted molar refractivity (Wildman–Crippen MR) is 126 cm³/mol. The van der Waals surface area contributed by atoms with Gasteiger partial charge < -0.3 is 10.1 Å². The Morgan fingerprint density at radius 3 is 2.21 bits per heavy atom. The number of rotatable bonds is 10. The van der Waals surface area contributed by atoms with E-state index in [-0.39, 0.29) is 23.1 Å². The third-order valence-corrected chi connectivity index (χ3v) is 6.32. The first-order valence-electron chi connectivity index (χ1n) is 10.4. The van der Waals surface area contributed by atoms with Crippen LogP contribution in [0.25, 0.3) is 0 Å². The van der Waals surface area contributed by atoms with Crippen molar-refractivity contribution in [2.75, 3.05) is 13.2 Å². The molecule has 0 saturated carbocycles. The van der Waals surface area contributed by atoms with Crippen LogP contribution in [0.5, 0.6) is 5.75 Å². The lowest BCUT2D eigenvalue weighted by molar-refractivity contribution is 0.0946. The van der Waals surface area contributed by atoms with Crippen LogP contribution in [0.4, 0.5) is 0 Å². The molecule has 172 valence electrons. The smallest absolute Gasteiger partial charge is 0.251 e. The SMILES string of the molecule is CC(=O)c1ccc(S(=O)(=O)NCc2ccc(C(=O)NCCOc3cccc(C)c3)cc2)cc1. The van der Waals surface area contributed by atoms with Crippen molar-refractivity contribution in [3.8, 4) is 5.75 Å². The molecule has 33 heavy (non-hydrogen) atoms. The molecular formula is C25H26N2O5S. The second kappa shape index (κ2) is 10.9. The van der Waals surface area contributed by atoms with E-state index >= 15 is 0 Å². The van der Waals surface area contributed by atoms with E-state index < -0.39 is 10.0 Å². The summed E-state index contributed by atoms with van der Waals surface area (Å²) in [5.74, 6) is 0.390. The van der Waals surface area contributed by atoms with Crippen molar-refractivity contribution in [2.24, 2.45) is 0 Å². The molecule has 3 aromatic rings. The number of amides is 1. The molecule has 2 N–H and O–H groups in total. The average Bonchev–Trinajstić information content (AvgIpc) is 2.81. The molecule has 0 aliphatic heterocycles. The number of carbonyl (C=O) groups excluding carboxylic acids is 2. The third-order valence-electron chi connectivity index (χ3n) is 4.90. The van der Waals surface area contributed by atoms with Gasteiger partial charge >= 0.3 is 0 Å². The highest BCUT2D eigenvalue weighted by Gasteiger charge is 2.14. The fourth-order valence-electron chi connectivity index (χ4n) is 3.05. The molecule has 0 aliphatic rings. The quantitative estimate of drug-likeness (QED) is 0.352. The number of carbonyl (C=O) groups is 2. The Balaban J connectivity index is 1.48. The van der Waals surface area contributed by atoms with Gasteiger partial charge in [-0.3, -0.25) is 9.59 Å². The lowest BCUT2D eigenvalue weighted by atomic mass is 10.1. The van der Waals surface area contributed by atoms with Crippen LogP contribution < -0.4 is 14.8 Å². The Bertz CT molecular complexity index is 1220. The molecule has 0 spiro atoms. The van der Waals surface area contributed by atoms with Gasteiger partial charge in [0, 0.05) is 17.7 Å². The zero-order chi connectivity index (χ0) is 23.8. The maximum absolute atomic E-state index is 12.5. The van der Waals surface area contributed by atoms with Crippen LogP contribution in [0.15, 0.2) is 77.7 Å². The van der Waals surface area contributed by atoms with E-state index in [0.29, 0.717) is 29.8 Å². The van der Waals surface area contributed by atoms with Gasteiger partial charge in [-0.15, -0.1) is 0 Å². The maximum atomic E-state index is 12.5. The predicted octanol–water partition coefficient (Wildman–Crippen LogP) is 3.48. The molecular weight excluding hydrogens is 440 g/mol. The third kappa shape index (κ3) is 7.00. The van der Waals surface area contributed by atoms with E-state index in [1.165, 1.54) is 31.2 Å². The van der Waals surface area contributed by atoms with Gasteiger partial charge in [-0.2, -0.15) is 0 Å². The van der Waals surface area contributed by atoms with E-state index in [4.69, 9.17) is 4.74 Å². The van der Waals surface area contributed by atoms with Gasteiger partial charge in [0.2, 0.25) is 10.0 Å². The molecule has 3 rings (SSSR count). The van der Waals surface area contributed by atoms with E-state index in [1.807, 2.05) is 31.2 Å². The summed E-state index contributed by atoms with van der Waals surface area (Å²) in [5, 5.41) is 2.79. The number of ether oxygens (including phenoxy) is 1. The van der Waals surface area contributed by atoms with Gasteiger partial charge in [0.25, 0.3) is 5.91 Å². The average molecular weight is 467 g/mol. The molecule has 0 atom stereocenters. The number of nitrogens with one attached hydrogen (secondary N) is 2. The van der Waals surface area contributed by atoms with E-state index in [2.05, 4.69) is 10.0 Å². The minimum absolute atomic E-state index is 0.0724. The van der Waals surface area contributed by atoms with Gasteiger partial charge in [0.05, 0.1) is 11.4 Å². The molecule has 0 aromatic heterocycles. The minimum Gasteiger partial charge on any atom is -0.492 e. The van der Waals surface area contributed by atoms with Crippen LogP contribution in [-0.2, 0) is 16.6 Å². The van der Waals surface area contributed by atoms with E-state index in [9.17, 15) is 18.0 Å². The van der Waals surface area contributed by atoms with Crippen molar-refractivity contribution < 1.29 is 22.7 Å². The molecule has 8 heteroatoms. The Hall–Kier alpha value is -3.49. The van der Waals surface area contributed by atoms with Crippen molar-refractivity contribution in [1.82, 2.24) is 10.0 Å². The first kappa shape index (κ1) is 24.2. The molecule has 0 bridgehead atoms. The van der Waals surface area contributed by atoms with Crippen LogP contribution in [0, 0.1) is 6.92 Å². The first-order chi connectivity index (χ1) is 15.7. The highest BCUT2D eigenvalue weighted by atomic mass is 32.2. The number of hydrogen-bond donors (Lipinski definition) is 2. The number of sulfonamides is 1. The molecule has 1 amide bonds. The van der Waals surface area contributed by atoms with Gasteiger partial charge in [-0.25, -0.2) is 13.1 Å². The standard InChI is InChI=1S/C25H26N2O5S/c1-18-4-3-5-23(16-18)32-15-14-26-25(29)22-8-6-20(7-9-22)17-27-33(30,31)24-12-10-21(11-13-24)19(2)28/h3-13,16,27H,14-15,17H2,1-2H3,(H,26,29). The normalized spacial score (nSPS) is 11.1. The number of hydrogen-bond acceptors (Lipinski definition) is 5. The van der Waals surface area contributed by atoms with Crippen LogP contribution in [0.2, 0.25) is 0 Å². The van der Waals surface area contributed by atoms with E-state index in [0.717, 1.165) is 11.3 Å². The molecule has 0 fully saturated rings. The summed E-state index contributed by atoms with van der Waals surface area (Å²) in [6, 6.07) is 20.1. The molecule has 3 aromatic carbocycles. The molecule has 0 unspecified atom stereocenters. The van der Waals surface area contributed by atoms with Crippen molar-refractivity contribution in [1.29, 1.82) is 0 Å². The highest BCUT2D eigenvalue weighted by Crippen LogP contribution is 2.13. The molecule has 0 aliphatic carbocycles. The van der Waals surface area contributed by atoms with Crippen LogP contribution in [-0.4, -0.2) is 33.3 Å². The second-order valence-electron chi connectivity index (χ2n) is 7.52.